The number of pyridine rings is 1. The summed E-state index contributed by atoms with van der Waals surface area (Å²) in [4.78, 5) is 31.2. The molecule has 1 fully saturated rings. The van der Waals surface area contributed by atoms with E-state index >= 15 is 0 Å². The van der Waals surface area contributed by atoms with E-state index in [0.717, 1.165) is 36.1 Å². The maximum atomic E-state index is 13.1. The maximum Gasteiger partial charge on any atom is 0.258 e. The fraction of sp³-hybridized carbons (Fsp3) is 0.269. The minimum absolute atomic E-state index is 0.0427. The van der Waals surface area contributed by atoms with Crippen molar-refractivity contribution in [1.29, 1.82) is 0 Å². The summed E-state index contributed by atoms with van der Waals surface area (Å²) in [5, 5.41) is 6.73. The lowest BCUT2D eigenvalue weighted by Crippen LogP contribution is -2.41. The van der Waals surface area contributed by atoms with Crippen LogP contribution in [0.1, 0.15) is 41.6 Å². The molecule has 33 heavy (non-hydrogen) atoms. The number of hydrogen-bond acceptors (Lipinski definition) is 5. The molecule has 7 heteroatoms. The first kappa shape index (κ1) is 23.0. The van der Waals surface area contributed by atoms with Crippen LogP contribution < -0.4 is 16.4 Å². The summed E-state index contributed by atoms with van der Waals surface area (Å²) < 4.78 is 0. The van der Waals surface area contributed by atoms with Gasteiger partial charge in [0.1, 0.15) is 5.03 Å². The van der Waals surface area contributed by atoms with Gasteiger partial charge in [0.05, 0.1) is 12.0 Å². The third kappa shape index (κ3) is 6.43. The first-order chi connectivity index (χ1) is 16.1. The van der Waals surface area contributed by atoms with Gasteiger partial charge >= 0.3 is 0 Å². The number of nitrogens with one attached hydrogen (secondary N) is 2. The Kier molecular flexibility index (Phi) is 7.75. The van der Waals surface area contributed by atoms with Crippen molar-refractivity contribution in [2.45, 2.75) is 54.1 Å². The summed E-state index contributed by atoms with van der Waals surface area (Å²) in [5.74, 6) is -0.297. The molecule has 0 bridgehead atoms. The Balaban J connectivity index is 1.44. The Labute approximate surface area is 198 Å². The molecule has 1 saturated carbocycles. The van der Waals surface area contributed by atoms with Crippen LogP contribution in [-0.4, -0.2) is 28.9 Å². The van der Waals surface area contributed by atoms with Crippen LogP contribution in [0.2, 0.25) is 0 Å². The number of aromatic nitrogens is 1. The highest BCUT2D eigenvalue weighted by Gasteiger charge is 2.21. The standard InChI is InChI=1S/C26H28N4O2S/c27-19-12-14-20(15-13-19)29-24(31)17-18-7-4-5-11-23(18)30-25(32)22-10-6-16-28-26(22)33-21-8-2-1-3-9-21/h1-11,16,19-20H,12-15,17,27H2,(H,29,31)(H,30,32). The van der Waals surface area contributed by atoms with Crippen LogP contribution in [0.4, 0.5) is 5.69 Å². The summed E-state index contributed by atoms with van der Waals surface area (Å²) in [6.07, 6.45) is 5.58. The molecule has 0 aliphatic heterocycles. The number of hydrogen-bond donors (Lipinski definition) is 3. The zero-order chi connectivity index (χ0) is 23.0. The predicted octanol–water partition coefficient (Wildman–Crippen LogP) is 4.41. The minimum Gasteiger partial charge on any atom is -0.353 e. The van der Waals surface area contributed by atoms with Crippen molar-refractivity contribution in [3.8, 4) is 0 Å². The van der Waals surface area contributed by atoms with Crippen molar-refractivity contribution >= 4 is 29.3 Å². The van der Waals surface area contributed by atoms with Gasteiger partial charge in [0.2, 0.25) is 5.91 Å². The van der Waals surface area contributed by atoms with Gasteiger partial charge in [-0.15, -0.1) is 0 Å². The van der Waals surface area contributed by atoms with E-state index in [1.807, 2.05) is 54.6 Å². The molecule has 0 spiro atoms. The normalized spacial score (nSPS) is 17.8. The number of benzene rings is 2. The number of nitrogens with zero attached hydrogens (tertiary/aromatic N) is 1. The number of anilines is 1. The van der Waals surface area contributed by atoms with Gasteiger partial charge in [0.15, 0.2) is 0 Å². The number of carbonyl (C=O) groups excluding carboxylic acids is 2. The van der Waals surface area contributed by atoms with Crippen molar-refractivity contribution in [2.75, 3.05) is 5.32 Å². The van der Waals surface area contributed by atoms with E-state index in [2.05, 4.69) is 15.6 Å². The molecule has 0 unspecified atom stereocenters. The molecule has 6 nitrogen and oxygen atoms in total. The molecule has 1 heterocycles. The third-order valence-electron chi connectivity index (χ3n) is 5.73. The molecule has 1 aromatic heterocycles. The van der Waals surface area contributed by atoms with Crippen molar-refractivity contribution in [1.82, 2.24) is 10.3 Å². The van der Waals surface area contributed by atoms with Gasteiger partial charge in [-0.3, -0.25) is 9.59 Å². The van der Waals surface area contributed by atoms with Gasteiger partial charge in [-0.2, -0.15) is 0 Å². The number of rotatable bonds is 7. The maximum absolute atomic E-state index is 13.1. The molecule has 3 aromatic rings. The van der Waals surface area contributed by atoms with Crippen LogP contribution in [-0.2, 0) is 11.2 Å². The van der Waals surface area contributed by atoms with Crippen molar-refractivity contribution in [3.05, 3.63) is 84.1 Å². The molecule has 1 aliphatic carbocycles. The van der Waals surface area contributed by atoms with Crippen molar-refractivity contribution in [3.63, 3.8) is 0 Å². The van der Waals surface area contributed by atoms with Gasteiger partial charge in [-0.1, -0.05) is 48.2 Å². The minimum atomic E-state index is -0.254. The van der Waals surface area contributed by atoms with E-state index in [4.69, 9.17) is 5.73 Å². The van der Waals surface area contributed by atoms with Crippen LogP contribution >= 0.6 is 11.8 Å². The highest BCUT2D eigenvalue weighted by atomic mass is 32.2. The molecule has 170 valence electrons. The molecule has 2 aromatic carbocycles. The number of amides is 2. The second-order valence-electron chi connectivity index (χ2n) is 8.24. The molecule has 2 amide bonds. The first-order valence-electron chi connectivity index (χ1n) is 11.2. The molecular weight excluding hydrogens is 432 g/mol. The summed E-state index contributed by atoms with van der Waals surface area (Å²) >= 11 is 1.44. The summed E-state index contributed by atoms with van der Waals surface area (Å²) in [7, 11) is 0. The summed E-state index contributed by atoms with van der Waals surface area (Å²) in [6.45, 7) is 0. The SMILES string of the molecule is NC1CCC(NC(=O)Cc2ccccc2NC(=O)c2cccnc2Sc2ccccc2)CC1. The Morgan fingerprint density at radius 3 is 2.45 bits per heavy atom. The van der Waals surface area contributed by atoms with E-state index in [1.54, 1.807) is 18.3 Å². The van der Waals surface area contributed by atoms with Gasteiger partial charge in [-0.25, -0.2) is 4.98 Å². The average Bonchev–Trinajstić information content (AvgIpc) is 2.83. The highest BCUT2D eigenvalue weighted by molar-refractivity contribution is 7.99. The Morgan fingerprint density at radius 2 is 1.67 bits per heavy atom. The Morgan fingerprint density at radius 1 is 0.939 bits per heavy atom. The zero-order valence-corrected chi connectivity index (χ0v) is 19.2. The summed E-state index contributed by atoms with van der Waals surface area (Å²) in [5.41, 5.74) is 7.85. The second-order valence-corrected chi connectivity index (χ2v) is 9.30. The number of para-hydroxylation sites is 1. The Hall–Kier alpha value is -3.16. The fourth-order valence-electron chi connectivity index (χ4n) is 3.95. The molecule has 0 saturated heterocycles. The Bertz CT molecular complexity index is 1100. The van der Waals surface area contributed by atoms with E-state index in [-0.39, 0.29) is 30.3 Å². The van der Waals surface area contributed by atoms with E-state index in [0.29, 0.717) is 16.3 Å². The molecule has 0 radical (unpaired) electrons. The largest absolute Gasteiger partial charge is 0.353 e. The topological polar surface area (TPSA) is 97.1 Å². The second kappa shape index (κ2) is 11.1. The predicted molar refractivity (Wildman–Crippen MR) is 131 cm³/mol. The highest BCUT2D eigenvalue weighted by Crippen LogP contribution is 2.29. The van der Waals surface area contributed by atoms with Crippen LogP contribution in [0, 0.1) is 0 Å². The van der Waals surface area contributed by atoms with Crippen LogP contribution in [0.15, 0.2) is 82.8 Å². The molecule has 4 rings (SSSR count). The van der Waals surface area contributed by atoms with Gasteiger partial charge in [0, 0.05) is 28.9 Å². The monoisotopic (exact) mass is 460 g/mol. The smallest absolute Gasteiger partial charge is 0.258 e. The van der Waals surface area contributed by atoms with Crippen molar-refractivity contribution < 1.29 is 9.59 Å². The number of carbonyl (C=O) groups is 2. The van der Waals surface area contributed by atoms with Gasteiger partial charge in [-0.05, 0) is 61.6 Å². The van der Waals surface area contributed by atoms with E-state index < -0.39 is 0 Å². The lowest BCUT2D eigenvalue weighted by molar-refractivity contribution is -0.121. The van der Waals surface area contributed by atoms with Gasteiger partial charge < -0.3 is 16.4 Å². The lowest BCUT2D eigenvalue weighted by atomic mass is 9.91. The lowest BCUT2D eigenvalue weighted by Gasteiger charge is -2.27. The van der Waals surface area contributed by atoms with Crippen LogP contribution in [0.5, 0.6) is 0 Å². The van der Waals surface area contributed by atoms with Crippen LogP contribution in [0.25, 0.3) is 0 Å². The molecule has 0 atom stereocenters. The average molecular weight is 461 g/mol. The van der Waals surface area contributed by atoms with Gasteiger partial charge in [0.25, 0.3) is 5.91 Å². The number of nitrogens with two attached hydrogens (primary N) is 1. The molecule has 1 aliphatic rings. The first-order valence-corrected chi connectivity index (χ1v) is 12.0. The third-order valence-corrected chi connectivity index (χ3v) is 6.75. The zero-order valence-electron chi connectivity index (χ0n) is 18.4. The molecular formula is C26H28N4O2S. The quantitative estimate of drug-likeness (QED) is 0.485. The van der Waals surface area contributed by atoms with Crippen LogP contribution in [0.3, 0.4) is 0 Å². The van der Waals surface area contributed by atoms with Crippen molar-refractivity contribution in [2.24, 2.45) is 5.73 Å². The summed E-state index contributed by atoms with van der Waals surface area (Å²) in [6, 6.07) is 21.2. The molecule has 4 N–H and O–H groups in total. The van der Waals surface area contributed by atoms with E-state index in [1.165, 1.54) is 11.8 Å². The fourth-order valence-corrected chi connectivity index (χ4v) is 4.85. The van der Waals surface area contributed by atoms with E-state index in [9.17, 15) is 9.59 Å².